The Bertz CT molecular complexity index is 832. The molecule has 0 spiro atoms. The summed E-state index contributed by atoms with van der Waals surface area (Å²) in [7, 11) is 0. The summed E-state index contributed by atoms with van der Waals surface area (Å²) in [6.45, 7) is 7.05. The van der Waals surface area contributed by atoms with E-state index in [9.17, 15) is 14.7 Å². The summed E-state index contributed by atoms with van der Waals surface area (Å²) in [5.41, 5.74) is 1.32. The Morgan fingerprint density at radius 1 is 1.14 bits per heavy atom. The Morgan fingerprint density at radius 3 is 2.29 bits per heavy atom. The zero-order chi connectivity index (χ0) is 20.3. The number of likely N-dealkylation sites (tertiary alicyclic amines) is 1. The summed E-state index contributed by atoms with van der Waals surface area (Å²) in [5, 5.41) is 14.5. The van der Waals surface area contributed by atoms with Crippen LogP contribution in [0.1, 0.15) is 67.3 Å². The maximum atomic E-state index is 13.0. The second-order valence-electron chi connectivity index (χ2n) is 7.63. The highest BCUT2D eigenvalue weighted by atomic mass is 16.4. The number of carboxylic acid groups (broad SMARTS) is 1. The molecule has 1 fully saturated rings. The first-order valence-corrected chi connectivity index (χ1v) is 10.1. The Hall–Kier alpha value is -2.63. The summed E-state index contributed by atoms with van der Waals surface area (Å²) in [6, 6.07) is 11.5. The van der Waals surface area contributed by atoms with Gasteiger partial charge in [-0.1, -0.05) is 44.2 Å². The highest BCUT2D eigenvalue weighted by molar-refractivity contribution is 5.93. The van der Waals surface area contributed by atoms with Crippen LogP contribution in [0.2, 0.25) is 0 Å². The van der Waals surface area contributed by atoms with Gasteiger partial charge in [-0.3, -0.25) is 14.3 Å². The van der Waals surface area contributed by atoms with Crippen LogP contribution in [0.25, 0.3) is 0 Å². The molecule has 0 unspecified atom stereocenters. The van der Waals surface area contributed by atoms with E-state index in [1.54, 1.807) is 4.90 Å². The minimum Gasteiger partial charge on any atom is -0.481 e. The van der Waals surface area contributed by atoms with Crippen molar-refractivity contribution in [1.82, 2.24) is 14.7 Å². The largest absolute Gasteiger partial charge is 0.481 e. The molecule has 0 radical (unpaired) electrons. The van der Waals surface area contributed by atoms with Crippen molar-refractivity contribution in [3.05, 3.63) is 53.3 Å². The standard InChI is InChI=1S/C22H29N3O3/c1-4-18(5-2)25-16(3)15-19(23-25)20(26)24-13-11-22(12-14-24,21(27)28)17-9-7-6-8-10-17/h6-10,15,18H,4-5,11-14H2,1-3H3,(H,27,28). The molecular formula is C22H29N3O3. The number of aryl methyl sites for hydroxylation is 1. The Kier molecular flexibility index (Phi) is 5.87. The second-order valence-corrected chi connectivity index (χ2v) is 7.63. The number of benzene rings is 1. The lowest BCUT2D eigenvalue weighted by molar-refractivity contribution is -0.145. The number of hydrogen-bond donors (Lipinski definition) is 1. The molecule has 0 bridgehead atoms. The Balaban J connectivity index is 1.77. The van der Waals surface area contributed by atoms with E-state index in [0.29, 0.717) is 37.7 Å². The minimum atomic E-state index is -0.928. The number of carbonyl (C=O) groups excluding carboxylic acids is 1. The van der Waals surface area contributed by atoms with Gasteiger partial charge in [-0.05, 0) is 44.2 Å². The molecule has 0 aliphatic carbocycles. The highest BCUT2D eigenvalue weighted by Crippen LogP contribution is 2.36. The molecule has 2 heterocycles. The zero-order valence-electron chi connectivity index (χ0n) is 16.9. The van der Waals surface area contributed by atoms with E-state index in [-0.39, 0.29) is 5.91 Å². The molecule has 0 atom stereocenters. The topological polar surface area (TPSA) is 75.4 Å². The summed E-state index contributed by atoms with van der Waals surface area (Å²) in [4.78, 5) is 26.8. The summed E-state index contributed by atoms with van der Waals surface area (Å²) in [5.74, 6) is -0.931. The van der Waals surface area contributed by atoms with Gasteiger partial charge in [0.25, 0.3) is 5.91 Å². The molecule has 1 aliphatic heterocycles. The molecular weight excluding hydrogens is 354 g/mol. The first-order valence-electron chi connectivity index (χ1n) is 10.1. The van der Waals surface area contributed by atoms with Gasteiger partial charge < -0.3 is 10.0 Å². The first kappa shape index (κ1) is 20.1. The normalized spacial score (nSPS) is 16.4. The molecule has 28 heavy (non-hydrogen) atoms. The molecule has 1 aliphatic rings. The predicted octanol–water partition coefficient (Wildman–Crippen LogP) is 3.81. The molecule has 150 valence electrons. The first-order chi connectivity index (χ1) is 13.4. The lowest BCUT2D eigenvalue weighted by atomic mass is 9.73. The lowest BCUT2D eigenvalue weighted by Gasteiger charge is -2.39. The minimum absolute atomic E-state index is 0.111. The fourth-order valence-corrected chi connectivity index (χ4v) is 4.23. The van der Waals surface area contributed by atoms with Crippen molar-refractivity contribution in [3.63, 3.8) is 0 Å². The van der Waals surface area contributed by atoms with Crippen LogP contribution in [-0.2, 0) is 10.2 Å². The van der Waals surface area contributed by atoms with Crippen LogP contribution in [0.3, 0.4) is 0 Å². The Morgan fingerprint density at radius 2 is 1.75 bits per heavy atom. The molecule has 1 aromatic heterocycles. The fraction of sp³-hybridized carbons (Fsp3) is 0.500. The van der Waals surface area contributed by atoms with Gasteiger partial charge in [-0.25, -0.2) is 0 Å². The van der Waals surface area contributed by atoms with Gasteiger partial charge in [0.05, 0.1) is 11.5 Å². The molecule has 3 rings (SSSR count). The SMILES string of the molecule is CCC(CC)n1nc(C(=O)N2CCC(C(=O)O)(c3ccccc3)CC2)cc1C. The number of nitrogens with zero attached hydrogens (tertiary/aromatic N) is 3. The van der Waals surface area contributed by atoms with Gasteiger partial charge in [0.1, 0.15) is 0 Å². The summed E-state index contributed by atoms with van der Waals surface area (Å²) < 4.78 is 1.95. The number of aliphatic carboxylic acids is 1. The van der Waals surface area contributed by atoms with Crippen molar-refractivity contribution < 1.29 is 14.7 Å². The summed E-state index contributed by atoms with van der Waals surface area (Å²) >= 11 is 0. The van der Waals surface area contributed by atoms with Crippen molar-refractivity contribution in [2.24, 2.45) is 0 Å². The quantitative estimate of drug-likeness (QED) is 0.823. The van der Waals surface area contributed by atoms with Crippen LogP contribution < -0.4 is 0 Å². The fourth-order valence-electron chi connectivity index (χ4n) is 4.23. The number of rotatable bonds is 6. The van der Waals surface area contributed by atoms with Gasteiger partial charge in [-0.2, -0.15) is 5.10 Å². The van der Waals surface area contributed by atoms with Gasteiger partial charge in [0.15, 0.2) is 5.69 Å². The van der Waals surface area contributed by atoms with E-state index in [0.717, 1.165) is 24.1 Å². The van der Waals surface area contributed by atoms with Crippen LogP contribution in [0.4, 0.5) is 0 Å². The van der Waals surface area contributed by atoms with Crippen molar-refractivity contribution in [2.75, 3.05) is 13.1 Å². The molecule has 1 amide bonds. The maximum absolute atomic E-state index is 13.0. The predicted molar refractivity (Wildman–Crippen MR) is 107 cm³/mol. The molecule has 6 nitrogen and oxygen atoms in total. The van der Waals surface area contributed by atoms with Crippen LogP contribution in [0.5, 0.6) is 0 Å². The molecule has 1 N–H and O–H groups in total. The van der Waals surface area contributed by atoms with Gasteiger partial charge >= 0.3 is 5.97 Å². The van der Waals surface area contributed by atoms with Gasteiger partial charge in [0.2, 0.25) is 0 Å². The number of carbonyl (C=O) groups is 2. The van der Waals surface area contributed by atoms with E-state index in [4.69, 9.17) is 0 Å². The summed E-state index contributed by atoms with van der Waals surface area (Å²) in [6.07, 6.45) is 2.75. The highest BCUT2D eigenvalue weighted by Gasteiger charge is 2.44. The smallest absolute Gasteiger partial charge is 0.314 e. The maximum Gasteiger partial charge on any atom is 0.314 e. The third-order valence-corrected chi connectivity index (χ3v) is 6.07. The second kappa shape index (κ2) is 8.17. The number of aromatic nitrogens is 2. The lowest BCUT2D eigenvalue weighted by Crippen LogP contribution is -2.49. The molecule has 0 saturated carbocycles. The van der Waals surface area contributed by atoms with Crippen LogP contribution >= 0.6 is 0 Å². The average molecular weight is 383 g/mol. The molecule has 2 aromatic rings. The Labute approximate surface area is 166 Å². The third-order valence-electron chi connectivity index (χ3n) is 6.07. The van der Waals surface area contributed by atoms with Crippen LogP contribution in [0, 0.1) is 6.92 Å². The molecule has 1 saturated heterocycles. The molecule has 6 heteroatoms. The average Bonchev–Trinajstić information content (AvgIpc) is 3.10. The van der Waals surface area contributed by atoms with Gasteiger partial charge in [0, 0.05) is 18.8 Å². The third kappa shape index (κ3) is 3.55. The monoisotopic (exact) mass is 383 g/mol. The van der Waals surface area contributed by atoms with E-state index < -0.39 is 11.4 Å². The van der Waals surface area contributed by atoms with Crippen molar-refractivity contribution in [2.45, 2.75) is 57.9 Å². The van der Waals surface area contributed by atoms with Crippen molar-refractivity contribution in [1.29, 1.82) is 0 Å². The number of hydrogen-bond acceptors (Lipinski definition) is 3. The van der Waals surface area contributed by atoms with Crippen LogP contribution in [-0.4, -0.2) is 44.8 Å². The van der Waals surface area contributed by atoms with E-state index in [1.807, 2.05) is 48.0 Å². The van der Waals surface area contributed by atoms with Gasteiger partial charge in [-0.15, -0.1) is 0 Å². The number of piperidine rings is 1. The van der Waals surface area contributed by atoms with E-state index in [2.05, 4.69) is 18.9 Å². The van der Waals surface area contributed by atoms with Crippen molar-refractivity contribution in [3.8, 4) is 0 Å². The number of amides is 1. The molecule has 1 aromatic carbocycles. The number of carboxylic acids is 1. The van der Waals surface area contributed by atoms with E-state index >= 15 is 0 Å². The zero-order valence-corrected chi connectivity index (χ0v) is 16.9. The van der Waals surface area contributed by atoms with Crippen LogP contribution in [0.15, 0.2) is 36.4 Å². The van der Waals surface area contributed by atoms with E-state index in [1.165, 1.54) is 0 Å². The van der Waals surface area contributed by atoms with Crippen molar-refractivity contribution >= 4 is 11.9 Å².